The van der Waals surface area contributed by atoms with Gasteiger partial charge in [-0.25, -0.2) is 4.79 Å². The zero-order valence-corrected chi connectivity index (χ0v) is 17.4. The summed E-state index contributed by atoms with van der Waals surface area (Å²) in [6.07, 6.45) is 0.653. The van der Waals surface area contributed by atoms with Crippen molar-refractivity contribution in [1.29, 1.82) is 0 Å². The van der Waals surface area contributed by atoms with Crippen LogP contribution in [0.2, 0.25) is 16.6 Å². The fourth-order valence-corrected chi connectivity index (χ4v) is 9.85. The number of carbonyl (C=O) groups is 1. The zero-order chi connectivity index (χ0) is 18.3. The molecule has 3 heteroatoms. The van der Waals surface area contributed by atoms with Crippen LogP contribution in [-0.2, 0) is 16.0 Å². The molecule has 2 nitrogen and oxygen atoms in total. The first-order valence-electron chi connectivity index (χ1n) is 9.18. The lowest BCUT2D eigenvalue weighted by Crippen LogP contribution is -2.43. The van der Waals surface area contributed by atoms with E-state index in [-0.39, 0.29) is 5.97 Å². The highest BCUT2D eigenvalue weighted by Gasteiger charge is 2.41. The smallest absolute Gasteiger partial charge is 0.333 e. The van der Waals surface area contributed by atoms with Gasteiger partial charge in [0.05, 0.1) is 14.7 Å². The van der Waals surface area contributed by atoms with Crippen LogP contribution >= 0.6 is 0 Å². The van der Waals surface area contributed by atoms with E-state index in [0.717, 1.165) is 11.1 Å². The Kier molecular flexibility index (Phi) is 7.94. The number of benzene rings is 1. The fourth-order valence-electron chi connectivity index (χ4n) is 4.02. The lowest BCUT2D eigenvalue weighted by atomic mass is 10.1. The summed E-state index contributed by atoms with van der Waals surface area (Å²) in [6.45, 7) is 16.2. The van der Waals surface area contributed by atoms with Crippen molar-refractivity contribution in [1.82, 2.24) is 0 Å². The summed E-state index contributed by atoms with van der Waals surface area (Å²) in [7, 11) is -1.80. The number of ether oxygens (including phenoxy) is 1. The number of esters is 1. The van der Waals surface area contributed by atoms with Gasteiger partial charge >= 0.3 is 5.97 Å². The monoisotopic (exact) mass is 346 g/mol. The minimum atomic E-state index is -1.80. The minimum absolute atomic E-state index is 0.153. The van der Waals surface area contributed by atoms with Gasteiger partial charge in [0.2, 0.25) is 0 Å². The summed E-state index contributed by atoms with van der Waals surface area (Å²) in [5.41, 5.74) is 6.10. The molecule has 0 aliphatic rings. The van der Waals surface area contributed by atoms with Crippen molar-refractivity contribution >= 4 is 14.0 Å². The summed E-state index contributed by atoms with van der Waals surface area (Å²) in [4.78, 5) is 12.6. The molecule has 0 bridgehead atoms. The third-order valence-electron chi connectivity index (χ3n) is 5.20. The number of hydrogen-bond acceptors (Lipinski definition) is 2. The molecule has 1 rings (SSSR count). The maximum Gasteiger partial charge on any atom is 0.333 e. The molecular formula is C21H34O2Si. The first-order valence-corrected chi connectivity index (χ1v) is 11.5. The number of rotatable bonds is 8. The summed E-state index contributed by atoms with van der Waals surface area (Å²) in [5, 5.41) is 0. The van der Waals surface area contributed by atoms with Gasteiger partial charge in [-0.05, 0) is 29.1 Å². The molecular weight excluding hydrogens is 312 g/mol. The topological polar surface area (TPSA) is 26.3 Å². The highest BCUT2D eigenvalue weighted by molar-refractivity contribution is 6.88. The molecule has 0 unspecified atom stereocenters. The summed E-state index contributed by atoms with van der Waals surface area (Å²) in [6, 6.07) is 10.2. The molecule has 0 spiro atoms. The van der Waals surface area contributed by atoms with Crippen molar-refractivity contribution in [3.05, 3.63) is 47.2 Å². The molecule has 0 aliphatic heterocycles. The Balaban J connectivity index is 3.37. The van der Waals surface area contributed by atoms with Gasteiger partial charge in [-0.2, -0.15) is 0 Å². The molecule has 0 heterocycles. The summed E-state index contributed by atoms with van der Waals surface area (Å²) >= 11 is 0. The molecule has 1 aromatic rings. The van der Waals surface area contributed by atoms with Crippen molar-refractivity contribution in [2.75, 3.05) is 6.61 Å². The van der Waals surface area contributed by atoms with Crippen LogP contribution in [0.3, 0.4) is 0 Å². The maximum atomic E-state index is 12.6. The highest BCUT2D eigenvalue weighted by atomic mass is 28.3. The SMILES string of the molecule is CCOC(=O)/C(=C\[Si](C(C)C)(C(C)C)C(C)C)Cc1ccccc1. The van der Waals surface area contributed by atoms with Crippen molar-refractivity contribution in [2.24, 2.45) is 0 Å². The van der Waals surface area contributed by atoms with Crippen molar-refractivity contribution in [3.63, 3.8) is 0 Å². The molecule has 0 radical (unpaired) electrons. The molecule has 0 amide bonds. The second-order valence-electron chi connectivity index (χ2n) is 7.52. The second-order valence-corrected chi connectivity index (χ2v) is 13.3. The van der Waals surface area contributed by atoms with E-state index in [1.807, 2.05) is 25.1 Å². The van der Waals surface area contributed by atoms with Crippen molar-refractivity contribution in [2.45, 2.75) is 71.5 Å². The van der Waals surface area contributed by atoms with Crippen LogP contribution < -0.4 is 0 Å². The van der Waals surface area contributed by atoms with Crippen LogP contribution in [0.15, 0.2) is 41.6 Å². The first kappa shape index (κ1) is 20.7. The molecule has 24 heavy (non-hydrogen) atoms. The van der Waals surface area contributed by atoms with Gasteiger partial charge in [-0.1, -0.05) is 77.6 Å². The van der Waals surface area contributed by atoms with Crippen LogP contribution in [0.25, 0.3) is 0 Å². The predicted octanol–water partition coefficient (Wildman–Crippen LogP) is 5.94. The Labute approximate surface area is 149 Å². The zero-order valence-electron chi connectivity index (χ0n) is 16.4. The Morgan fingerprint density at radius 3 is 1.92 bits per heavy atom. The van der Waals surface area contributed by atoms with E-state index in [0.29, 0.717) is 29.7 Å². The van der Waals surface area contributed by atoms with E-state index in [1.165, 1.54) is 0 Å². The fraction of sp³-hybridized carbons (Fsp3) is 0.571. The van der Waals surface area contributed by atoms with E-state index in [1.54, 1.807) is 0 Å². The average molecular weight is 347 g/mol. The molecule has 0 fully saturated rings. The van der Waals surface area contributed by atoms with Gasteiger partial charge in [-0.15, -0.1) is 0 Å². The van der Waals surface area contributed by atoms with Gasteiger partial charge in [0.15, 0.2) is 0 Å². The average Bonchev–Trinajstić information content (AvgIpc) is 2.51. The quantitative estimate of drug-likeness (QED) is 0.331. The number of hydrogen-bond donors (Lipinski definition) is 0. The molecule has 0 aromatic heterocycles. The number of carbonyl (C=O) groups excluding carboxylic acids is 1. The third kappa shape index (κ3) is 4.82. The normalized spacial score (nSPS) is 13.0. The summed E-state index contributed by atoms with van der Waals surface area (Å²) in [5.74, 6) is -0.153. The molecule has 134 valence electrons. The van der Waals surface area contributed by atoms with Gasteiger partial charge in [0.25, 0.3) is 0 Å². The lowest BCUT2D eigenvalue weighted by Gasteiger charge is -2.41. The minimum Gasteiger partial charge on any atom is -0.463 e. The Hall–Kier alpha value is -1.35. The molecule has 0 saturated heterocycles. The maximum absolute atomic E-state index is 12.6. The van der Waals surface area contributed by atoms with E-state index in [9.17, 15) is 4.79 Å². The largest absolute Gasteiger partial charge is 0.463 e. The Bertz CT molecular complexity index is 522. The van der Waals surface area contributed by atoms with Gasteiger partial charge in [-0.3, -0.25) is 0 Å². The standard InChI is InChI=1S/C21H34O2Si/c1-8-23-21(22)20(14-19-12-10-9-11-13-19)15-24(16(2)3,17(4)5)18(6)7/h9-13,15-18H,8,14H2,1-7H3/b20-15-. The Morgan fingerprint density at radius 1 is 1.00 bits per heavy atom. The predicted molar refractivity (Wildman–Crippen MR) is 106 cm³/mol. The van der Waals surface area contributed by atoms with E-state index in [4.69, 9.17) is 4.74 Å². The molecule has 0 atom stereocenters. The molecule has 0 N–H and O–H groups in total. The van der Waals surface area contributed by atoms with Crippen molar-refractivity contribution < 1.29 is 9.53 Å². The van der Waals surface area contributed by atoms with Crippen LogP contribution in [0.5, 0.6) is 0 Å². The van der Waals surface area contributed by atoms with Crippen LogP contribution in [0.1, 0.15) is 54.0 Å². The van der Waals surface area contributed by atoms with E-state index in [2.05, 4.69) is 59.4 Å². The van der Waals surface area contributed by atoms with Gasteiger partial charge in [0.1, 0.15) is 0 Å². The van der Waals surface area contributed by atoms with Gasteiger partial charge in [0, 0.05) is 12.0 Å². The van der Waals surface area contributed by atoms with E-state index < -0.39 is 8.07 Å². The Morgan fingerprint density at radius 2 is 1.50 bits per heavy atom. The van der Waals surface area contributed by atoms with Crippen LogP contribution in [0.4, 0.5) is 0 Å². The van der Waals surface area contributed by atoms with Crippen LogP contribution in [0, 0.1) is 0 Å². The van der Waals surface area contributed by atoms with E-state index >= 15 is 0 Å². The van der Waals surface area contributed by atoms with Gasteiger partial charge < -0.3 is 4.74 Å². The first-order chi connectivity index (χ1) is 11.3. The molecule has 0 saturated carbocycles. The third-order valence-corrected chi connectivity index (χ3v) is 12.0. The second kappa shape index (κ2) is 9.21. The summed E-state index contributed by atoms with van der Waals surface area (Å²) < 4.78 is 5.38. The van der Waals surface area contributed by atoms with Crippen molar-refractivity contribution in [3.8, 4) is 0 Å². The molecule has 1 aromatic carbocycles. The lowest BCUT2D eigenvalue weighted by molar-refractivity contribution is -0.138. The molecule has 0 aliphatic carbocycles. The van der Waals surface area contributed by atoms with Crippen LogP contribution in [-0.4, -0.2) is 20.7 Å². The highest BCUT2D eigenvalue weighted by Crippen LogP contribution is 2.43.